The van der Waals surface area contributed by atoms with Crippen LogP contribution in [0, 0.1) is 0 Å². The Morgan fingerprint density at radius 1 is 1.07 bits per heavy atom. The van der Waals surface area contributed by atoms with E-state index in [4.69, 9.17) is 32.7 Å². The molecule has 238 valence electrons. The van der Waals surface area contributed by atoms with Crippen molar-refractivity contribution in [3.05, 3.63) is 63.4 Å². The molecule has 2 aromatic heterocycles. The number of carbonyl (C=O) groups is 2. The number of morpholine rings is 1. The first-order valence-electron chi connectivity index (χ1n) is 15.0. The third kappa shape index (κ3) is 6.85. The Morgan fingerprint density at radius 2 is 1.82 bits per heavy atom. The second-order valence-electron chi connectivity index (χ2n) is 11.3. The van der Waals surface area contributed by atoms with E-state index in [2.05, 4.69) is 30.5 Å². The number of anilines is 2. The van der Waals surface area contributed by atoms with Gasteiger partial charge in [0, 0.05) is 50.0 Å². The number of halogens is 2. The van der Waals surface area contributed by atoms with E-state index in [1.165, 1.54) is 4.90 Å². The van der Waals surface area contributed by atoms with Gasteiger partial charge in [0.15, 0.2) is 0 Å². The van der Waals surface area contributed by atoms with Crippen LogP contribution in [0.15, 0.2) is 36.5 Å². The maximum absolute atomic E-state index is 13.6. The van der Waals surface area contributed by atoms with E-state index in [1.54, 1.807) is 25.3 Å². The summed E-state index contributed by atoms with van der Waals surface area (Å²) in [5, 5.41) is 17.1. The van der Waals surface area contributed by atoms with Gasteiger partial charge in [-0.2, -0.15) is 0 Å². The number of benzene rings is 1. The molecule has 0 spiro atoms. The minimum atomic E-state index is -0.857. The Bertz CT molecular complexity index is 1570. The van der Waals surface area contributed by atoms with Gasteiger partial charge in [0.2, 0.25) is 11.9 Å². The van der Waals surface area contributed by atoms with Gasteiger partial charge >= 0.3 is 0 Å². The lowest BCUT2D eigenvalue weighted by Gasteiger charge is -2.29. The number of rotatable bonds is 9. The lowest BCUT2D eigenvalue weighted by molar-refractivity contribution is -0.126. The van der Waals surface area contributed by atoms with Crippen LogP contribution in [0.3, 0.4) is 0 Å². The molecular formula is C31H35Cl2N7O5. The Morgan fingerprint density at radius 3 is 2.58 bits per heavy atom. The van der Waals surface area contributed by atoms with Crippen molar-refractivity contribution in [2.75, 3.05) is 56.3 Å². The summed E-state index contributed by atoms with van der Waals surface area (Å²) in [6, 6.07) is 7.51. The van der Waals surface area contributed by atoms with Crippen LogP contribution < -0.4 is 15.5 Å². The van der Waals surface area contributed by atoms with Crippen molar-refractivity contribution < 1.29 is 24.2 Å². The van der Waals surface area contributed by atoms with Crippen LogP contribution in [-0.2, 0) is 20.8 Å². The van der Waals surface area contributed by atoms with Crippen LogP contribution >= 0.6 is 23.2 Å². The molecule has 2 atom stereocenters. The zero-order chi connectivity index (χ0) is 31.5. The van der Waals surface area contributed by atoms with Crippen LogP contribution in [0.1, 0.15) is 47.4 Å². The van der Waals surface area contributed by atoms with E-state index in [1.807, 2.05) is 18.2 Å². The Labute approximate surface area is 271 Å². The Hall–Kier alpha value is -3.55. The van der Waals surface area contributed by atoms with Crippen LogP contribution in [-0.4, -0.2) is 95.0 Å². The SMILES string of the molecule is C[C@H](C(=O)N[C@H](CO)c1nc(N2CCOCC2)ccc1Cl)N1Cc2ccc(-c3nc(NC4CCOCC4)ncc3Cl)cc2C1=O. The fraction of sp³-hybridized carbons (Fsp3) is 0.452. The highest BCUT2D eigenvalue weighted by Gasteiger charge is 2.35. The van der Waals surface area contributed by atoms with Gasteiger partial charge in [-0.3, -0.25) is 9.59 Å². The van der Waals surface area contributed by atoms with Crippen LogP contribution in [0.4, 0.5) is 11.8 Å². The maximum Gasteiger partial charge on any atom is 0.255 e. The van der Waals surface area contributed by atoms with E-state index in [9.17, 15) is 14.7 Å². The van der Waals surface area contributed by atoms with E-state index < -0.39 is 24.6 Å². The highest BCUT2D eigenvalue weighted by Crippen LogP contribution is 2.33. The molecule has 14 heteroatoms. The number of ether oxygens (including phenoxy) is 2. The molecule has 0 aliphatic carbocycles. The number of carbonyl (C=O) groups excluding carboxylic acids is 2. The van der Waals surface area contributed by atoms with Gasteiger partial charge in [0.25, 0.3) is 5.91 Å². The summed E-state index contributed by atoms with van der Waals surface area (Å²) < 4.78 is 10.9. The molecule has 6 rings (SSSR count). The van der Waals surface area contributed by atoms with Gasteiger partial charge in [0.05, 0.1) is 53.5 Å². The fourth-order valence-electron chi connectivity index (χ4n) is 5.74. The minimum Gasteiger partial charge on any atom is -0.394 e. The summed E-state index contributed by atoms with van der Waals surface area (Å²) in [4.78, 5) is 44.2. The lowest BCUT2D eigenvalue weighted by Crippen LogP contribution is -2.47. The maximum atomic E-state index is 13.6. The highest BCUT2D eigenvalue weighted by molar-refractivity contribution is 6.33. The average molecular weight is 657 g/mol. The van der Waals surface area contributed by atoms with Gasteiger partial charge in [-0.05, 0) is 43.5 Å². The van der Waals surface area contributed by atoms with Crippen molar-refractivity contribution in [1.29, 1.82) is 0 Å². The molecule has 0 unspecified atom stereocenters. The number of fused-ring (bicyclic) bond motifs is 1. The second-order valence-corrected chi connectivity index (χ2v) is 12.1. The van der Waals surface area contributed by atoms with Crippen LogP contribution in [0.5, 0.6) is 0 Å². The third-order valence-corrected chi connectivity index (χ3v) is 8.98. The minimum absolute atomic E-state index is 0.210. The number of nitrogens with one attached hydrogen (secondary N) is 2. The molecule has 2 saturated heterocycles. The molecule has 1 aromatic carbocycles. The largest absolute Gasteiger partial charge is 0.394 e. The summed E-state index contributed by atoms with van der Waals surface area (Å²) in [5.41, 5.74) is 2.80. The van der Waals surface area contributed by atoms with E-state index in [0.717, 1.165) is 18.4 Å². The molecular weight excluding hydrogens is 621 g/mol. The first-order chi connectivity index (χ1) is 21.8. The molecule has 3 aromatic rings. The zero-order valence-corrected chi connectivity index (χ0v) is 26.4. The summed E-state index contributed by atoms with van der Waals surface area (Å²) >= 11 is 13.0. The van der Waals surface area contributed by atoms with Crippen molar-refractivity contribution in [1.82, 2.24) is 25.2 Å². The standard InChI is InChI=1S/C31H35Cl2N7O5/c1-18(29(42)36-25(17-41)28-23(32)4-5-26(37-28)39-8-12-45-13-9-39)40-16-20-3-2-19(14-22(20)30(40)43)27-24(33)15-34-31(38-27)35-21-6-10-44-11-7-21/h2-5,14-15,18,21,25,41H,6-13,16-17H2,1H3,(H,36,42)(H,34,35,38)/t18-,25-/m1/s1. The van der Waals surface area contributed by atoms with Crippen molar-refractivity contribution in [2.24, 2.45) is 0 Å². The van der Waals surface area contributed by atoms with Crippen LogP contribution in [0.25, 0.3) is 11.3 Å². The normalized spacial score (nSPS) is 18.4. The molecule has 3 aliphatic heterocycles. The quantitative estimate of drug-likeness (QED) is 0.314. The number of pyridine rings is 1. The van der Waals surface area contributed by atoms with Crippen molar-refractivity contribution in [3.63, 3.8) is 0 Å². The van der Waals surface area contributed by atoms with Crippen molar-refractivity contribution >= 4 is 46.8 Å². The number of hydrogen-bond acceptors (Lipinski definition) is 10. The summed E-state index contributed by atoms with van der Waals surface area (Å²) in [7, 11) is 0. The molecule has 3 N–H and O–H groups in total. The zero-order valence-electron chi connectivity index (χ0n) is 24.8. The summed E-state index contributed by atoms with van der Waals surface area (Å²) in [5.74, 6) is 0.428. The number of hydrogen-bond donors (Lipinski definition) is 3. The molecule has 45 heavy (non-hydrogen) atoms. The molecule has 0 radical (unpaired) electrons. The molecule has 2 fully saturated rings. The molecule has 12 nitrogen and oxygen atoms in total. The van der Waals surface area contributed by atoms with Gasteiger partial charge in [-0.1, -0.05) is 35.3 Å². The third-order valence-electron chi connectivity index (χ3n) is 8.38. The molecule has 2 amide bonds. The average Bonchev–Trinajstić information content (AvgIpc) is 3.40. The summed E-state index contributed by atoms with van der Waals surface area (Å²) in [6.45, 7) is 5.40. The fourth-order valence-corrected chi connectivity index (χ4v) is 6.18. The van der Waals surface area contributed by atoms with Crippen LogP contribution in [0.2, 0.25) is 10.0 Å². The first kappa shape index (κ1) is 31.4. The Kier molecular flexibility index (Phi) is 9.67. The molecule has 0 bridgehead atoms. The molecule has 0 saturated carbocycles. The topological polar surface area (TPSA) is 142 Å². The van der Waals surface area contributed by atoms with E-state index in [0.29, 0.717) is 83.8 Å². The first-order valence-corrected chi connectivity index (χ1v) is 15.8. The van der Waals surface area contributed by atoms with Crippen molar-refractivity contribution in [2.45, 2.75) is 44.4 Å². The predicted octanol–water partition coefficient (Wildman–Crippen LogP) is 3.47. The number of aromatic nitrogens is 3. The van der Waals surface area contributed by atoms with Gasteiger partial charge in [-0.25, -0.2) is 15.0 Å². The monoisotopic (exact) mass is 655 g/mol. The van der Waals surface area contributed by atoms with E-state index in [-0.39, 0.29) is 18.5 Å². The Balaban J connectivity index is 1.15. The van der Waals surface area contributed by atoms with E-state index >= 15 is 0 Å². The molecule has 5 heterocycles. The predicted molar refractivity (Wildman–Crippen MR) is 170 cm³/mol. The molecule has 3 aliphatic rings. The smallest absolute Gasteiger partial charge is 0.255 e. The van der Waals surface area contributed by atoms with Gasteiger partial charge < -0.3 is 35.0 Å². The van der Waals surface area contributed by atoms with Crippen molar-refractivity contribution in [3.8, 4) is 11.3 Å². The number of amides is 2. The number of aliphatic hydroxyl groups excluding tert-OH is 1. The lowest BCUT2D eigenvalue weighted by atomic mass is 10.0. The summed E-state index contributed by atoms with van der Waals surface area (Å²) in [6.07, 6.45) is 3.27. The highest BCUT2D eigenvalue weighted by atomic mass is 35.5. The number of aliphatic hydroxyl groups is 1. The number of nitrogens with zero attached hydrogens (tertiary/aromatic N) is 5. The second kappa shape index (κ2) is 13.8. The van der Waals surface area contributed by atoms with Gasteiger partial charge in [-0.15, -0.1) is 0 Å². The van der Waals surface area contributed by atoms with Gasteiger partial charge in [0.1, 0.15) is 11.9 Å².